The van der Waals surface area contributed by atoms with Gasteiger partial charge in [0.05, 0.1) is 11.3 Å². The van der Waals surface area contributed by atoms with E-state index in [0.717, 1.165) is 35.0 Å². The van der Waals surface area contributed by atoms with Crippen LogP contribution in [0.4, 0.5) is 0 Å². The summed E-state index contributed by atoms with van der Waals surface area (Å²) in [6.07, 6.45) is 1.25. The van der Waals surface area contributed by atoms with E-state index < -0.39 is 5.56 Å². The number of hydrogen-bond acceptors (Lipinski definition) is 6. The molecule has 1 saturated heterocycles. The smallest absolute Gasteiger partial charge is 0.258 e. The maximum atomic E-state index is 12.9. The monoisotopic (exact) mass is 478 g/mol. The fourth-order valence-electron chi connectivity index (χ4n) is 4.92. The average Bonchev–Trinajstić information content (AvgIpc) is 2.81. The van der Waals surface area contributed by atoms with Crippen LogP contribution in [0.15, 0.2) is 57.2 Å². The number of benzene rings is 1. The molecule has 2 atom stereocenters. The van der Waals surface area contributed by atoms with Crippen LogP contribution in [-0.2, 0) is 17.8 Å². The van der Waals surface area contributed by atoms with Gasteiger partial charge in [0.1, 0.15) is 0 Å². The third kappa shape index (κ3) is 4.52. The summed E-state index contributed by atoms with van der Waals surface area (Å²) in [5.74, 6) is 0.161. The Morgan fingerprint density at radius 1 is 1.15 bits per heavy atom. The van der Waals surface area contributed by atoms with Crippen LogP contribution in [0.5, 0.6) is 5.88 Å². The lowest BCUT2D eigenvalue weighted by Gasteiger charge is -2.42. The minimum Gasteiger partial charge on any atom is -0.493 e. The molecule has 1 amide bonds. The number of carbonyl (C=O) groups excluding carboxylic acids is 1. The molecule has 0 radical (unpaired) electrons. The zero-order valence-corrected chi connectivity index (χ0v) is 19.7. The Morgan fingerprint density at radius 3 is 2.71 bits per heavy atom. The fraction of sp³-hybridized carbons (Fsp3) is 0.360. The first kappa shape index (κ1) is 22.5. The van der Waals surface area contributed by atoms with E-state index >= 15 is 0 Å². The van der Waals surface area contributed by atoms with Gasteiger partial charge in [-0.05, 0) is 30.9 Å². The second-order valence-corrected chi connectivity index (χ2v) is 10.1. The van der Waals surface area contributed by atoms with Gasteiger partial charge in [0.2, 0.25) is 11.8 Å². The highest BCUT2D eigenvalue weighted by atomic mass is 32.2. The Labute approximate surface area is 200 Å². The second kappa shape index (κ2) is 9.13. The molecule has 5 rings (SSSR count). The number of thioether (sulfide) groups is 1. The number of likely N-dealkylation sites (tertiary alicyclic amines) is 1. The van der Waals surface area contributed by atoms with Crippen molar-refractivity contribution in [1.29, 1.82) is 0 Å². The highest BCUT2D eigenvalue weighted by molar-refractivity contribution is 7.99. The van der Waals surface area contributed by atoms with E-state index in [2.05, 4.69) is 9.97 Å². The number of aromatic amines is 1. The molecule has 0 spiro atoms. The van der Waals surface area contributed by atoms with Gasteiger partial charge in [-0.15, -0.1) is 0 Å². The SMILES string of the molecule is Cc1ccc(Cc2c(O)nc(SCC(=O)N3C[C@@H]4C[C@H](C3)c3cccc(=O)n3C4)[nH]c2=O)cc1. The van der Waals surface area contributed by atoms with Crippen molar-refractivity contribution < 1.29 is 9.90 Å². The maximum absolute atomic E-state index is 12.9. The number of pyridine rings is 1. The zero-order chi connectivity index (χ0) is 23.8. The van der Waals surface area contributed by atoms with Crippen molar-refractivity contribution in [1.82, 2.24) is 19.4 Å². The van der Waals surface area contributed by atoms with E-state index in [-0.39, 0.29) is 52.1 Å². The minimum atomic E-state index is -0.405. The van der Waals surface area contributed by atoms with Crippen molar-refractivity contribution in [3.05, 3.63) is 85.6 Å². The summed E-state index contributed by atoms with van der Waals surface area (Å²) in [6.45, 7) is 3.80. The molecule has 8 nitrogen and oxygen atoms in total. The molecule has 1 fully saturated rings. The van der Waals surface area contributed by atoms with Crippen LogP contribution in [0.25, 0.3) is 0 Å². The predicted octanol–water partition coefficient (Wildman–Crippen LogP) is 2.27. The lowest BCUT2D eigenvalue weighted by atomic mass is 9.83. The van der Waals surface area contributed by atoms with Gasteiger partial charge in [-0.3, -0.25) is 14.4 Å². The topological polar surface area (TPSA) is 108 Å². The Morgan fingerprint density at radius 2 is 1.94 bits per heavy atom. The Kier molecular flexibility index (Phi) is 6.03. The molecule has 9 heteroatoms. The molecule has 2 aromatic heterocycles. The Bertz CT molecular complexity index is 1350. The third-order valence-electron chi connectivity index (χ3n) is 6.64. The van der Waals surface area contributed by atoms with Gasteiger partial charge in [0.25, 0.3) is 11.1 Å². The number of aromatic hydroxyl groups is 1. The van der Waals surface area contributed by atoms with Gasteiger partial charge in [0, 0.05) is 43.7 Å². The Balaban J connectivity index is 1.24. The van der Waals surface area contributed by atoms with Crippen molar-refractivity contribution in [3.8, 4) is 5.88 Å². The number of rotatable bonds is 5. The van der Waals surface area contributed by atoms with Gasteiger partial charge in [-0.25, -0.2) is 0 Å². The van der Waals surface area contributed by atoms with Crippen molar-refractivity contribution in [2.75, 3.05) is 18.8 Å². The molecule has 4 heterocycles. The highest BCUT2D eigenvalue weighted by Gasteiger charge is 2.36. The zero-order valence-electron chi connectivity index (χ0n) is 18.9. The van der Waals surface area contributed by atoms with Crippen molar-refractivity contribution in [2.24, 2.45) is 5.92 Å². The van der Waals surface area contributed by atoms with E-state index in [4.69, 9.17) is 0 Å². The molecule has 2 aliphatic heterocycles. The molecule has 3 aromatic rings. The van der Waals surface area contributed by atoms with E-state index in [1.54, 1.807) is 12.1 Å². The number of piperidine rings is 1. The number of hydrogen-bond donors (Lipinski definition) is 2. The number of aromatic nitrogens is 3. The first-order valence-electron chi connectivity index (χ1n) is 11.4. The van der Waals surface area contributed by atoms with Gasteiger partial charge in [-0.2, -0.15) is 4.98 Å². The summed E-state index contributed by atoms with van der Waals surface area (Å²) in [4.78, 5) is 46.3. The number of H-pyrrole nitrogens is 1. The first-order chi connectivity index (χ1) is 16.4. The predicted molar refractivity (Wildman–Crippen MR) is 129 cm³/mol. The van der Waals surface area contributed by atoms with Gasteiger partial charge < -0.3 is 19.6 Å². The molecule has 1 aromatic carbocycles. The number of nitrogens with zero attached hydrogens (tertiary/aromatic N) is 3. The van der Waals surface area contributed by atoms with Crippen molar-refractivity contribution >= 4 is 17.7 Å². The molecule has 0 unspecified atom stereocenters. The highest BCUT2D eigenvalue weighted by Crippen LogP contribution is 2.35. The molecule has 2 bridgehead atoms. The van der Waals surface area contributed by atoms with E-state index in [1.807, 2.05) is 46.7 Å². The average molecular weight is 479 g/mol. The lowest BCUT2D eigenvalue weighted by molar-refractivity contribution is -0.131. The van der Waals surface area contributed by atoms with Crippen LogP contribution in [0, 0.1) is 12.8 Å². The van der Waals surface area contributed by atoms with Crippen LogP contribution in [0.3, 0.4) is 0 Å². The minimum absolute atomic E-state index is 0.0168. The fourth-order valence-corrected chi connectivity index (χ4v) is 5.68. The summed E-state index contributed by atoms with van der Waals surface area (Å²) >= 11 is 1.11. The standard InChI is InChI=1S/C25H26N4O4S/c1-15-5-7-16(8-6-15)10-19-23(32)26-25(27-24(19)33)34-14-22(31)28-11-17-9-18(13-28)20-3-2-4-21(30)29(20)12-17/h2-8,17-18H,9-14H2,1H3,(H2,26,27,32,33)/t17-,18+/m0/s1. The van der Waals surface area contributed by atoms with Crippen molar-refractivity contribution in [2.45, 2.75) is 37.4 Å². The molecule has 0 aliphatic carbocycles. The van der Waals surface area contributed by atoms with Crippen LogP contribution < -0.4 is 11.1 Å². The molecule has 176 valence electrons. The maximum Gasteiger partial charge on any atom is 0.258 e. The summed E-state index contributed by atoms with van der Waals surface area (Å²) in [5, 5.41) is 10.6. The summed E-state index contributed by atoms with van der Waals surface area (Å²) < 4.78 is 1.84. The lowest BCUT2D eigenvalue weighted by Crippen LogP contribution is -2.49. The van der Waals surface area contributed by atoms with E-state index in [1.165, 1.54) is 0 Å². The summed E-state index contributed by atoms with van der Waals surface area (Å²) in [6, 6.07) is 13.1. The van der Waals surface area contributed by atoms with Crippen LogP contribution >= 0.6 is 11.8 Å². The van der Waals surface area contributed by atoms with Crippen LogP contribution in [0.2, 0.25) is 0 Å². The normalized spacial score (nSPS) is 19.0. The van der Waals surface area contributed by atoms with Crippen LogP contribution in [-0.4, -0.2) is 49.3 Å². The number of fused-ring (bicyclic) bond motifs is 4. The number of amides is 1. The van der Waals surface area contributed by atoms with E-state index in [0.29, 0.717) is 19.6 Å². The largest absolute Gasteiger partial charge is 0.493 e. The number of nitrogens with one attached hydrogen (secondary N) is 1. The molecule has 2 N–H and O–H groups in total. The van der Waals surface area contributed by atoms with E-state index in [9.17, 15) is 19.5 Å². The molecular weight excluding hydrogens is 452 g/mol. The first-order valence-corrected chi connectivity index (χ1v) is 12.3. The van der Waals surface area contributed by atoms with Crippen molar-refractivity contribution in [3.63, 3.8) is 0 Å². The number of carbonyl (C=O) groups is 1. The molecule has 0 saturated carbocycles. The van der Waals surface area contributed by atoms with Gasteiger partial charge in [0.15, 0.2) is 5.16 Å². The van der Waals surface area contributed by atoms with Crippen LogP contribution in [0.1, 0.15) is 34.7 Å². The summed E-state index contributed by atoms with van der Waals surface area (Å²) in [7, 11) is 0. The van der Waals surface area contributed by atoms with Gasteiger partial charge >= 0.3 is 0 Å². The molecular formula is C25H26N4O4S. The second-order valence-electron chi connectivity index (χ2n) is 9.12. The number of aryl methyl sites for hydroxylation is 1. The summed E-state index contributed by atoms with van der Waals surface area (Å²) in [5.41, 5.74) is 2.84. The molecule has 2 aliphatic rings. The third-order valence-corrected chi connectivity index (χ3v) is 7.50. The molecule has 34 heavy (non-hydrogen) atoms. The quantitative estimate of drug-likeness (QED) is 0.430. The van der Waals surface area contributed by atoms with Gasteiger partial charge in [-0.1, -0.05) is 47.7 Å². The Hall–Kier alpha value is -3.33.